The second-order valence-electron chi connectivity index (χ2n) is 6.50. The molecule has 2 aliphatic rings. The number of thioether (sulfide) groups is 1. The van der Waals surface area contributed by atoms with Crippen molar-refractivity contribution < 1.29 is 9.53 Å². The highest BCUT2D eigenvalue weighted by molar-refractivity contribution is 9.11. The van der Waals surface area contributed by atoms with Gasteiger partial charge in [-0.3, -0.25) is 9.59 Å². The van der Waals surface area contributed by atoms with Crippen LogP contribution in [-0.2, 0) is 4.79 Å². The van der Waals surface area contributed by atoms with Crippen LogP contribution < -0.4 is 9.61 Å². The number of ether oxygens (including phenoxy) is 1. The Kier molecular flexibility index (Phi) is 4.75. The molecule has 9 heteroatoms. The van der Waals surface area contributed by atoms with Crippen LogP contribution in [0.25, 0.3) is 0 Å². The third-order valence-corrected chi connectivity index (χ3v) is 8.76. The minimum Gasteiger partial charge on any atom is -0.425 e. The van der Waals surface area contributed by atoms with Gasteiger partial charge in [0.25, 0.3) is 0 Å². The Morgan fingerprint density at radius 3 is 2.68 bits per heavy atom. The molecule has 0 radical (unpaired) electrons. The van der Waals surface area contributed by atoms with Gasteiger partial charge in [0.05, 0.1) is 20.7 Å². The normalized spacial score (nSPS) is 22.8. The van der Waals surface area contributed by atoms with Gasteiger partial charge in [0.2, 0.25) is 0 Å². The van der Waals surface area contributed by atoms with E-state index in [4.69, 9.17) is 16.3 Å². The fourth-order valence-corrected chi connectivity index (χ4v) is 8.09. The average molecular weight is 560 g/mol. The number of nitrogens with one attached hydrogen (secondary N) is 1. The maximum Gasteiger partial charge on any atom is 0.316 e. The molecule has 0 aliphatic carbocycles. The molecule has 1 aromatic heterocycles. The first-order valence-electron chi connectivity index (χ1n) is 8.28. The molecule has 0 bridgehead atoms. The number of esters is 1. The Bertz CT molecular complexity index is 1190. The van der Waals surface area contributed by atoms with E-state index in [1.54, 1.807) is 0 Å². The minimum atomic E-state index is -0.488. The summed E-state index contributed by atoms with van der Waals surface area (Å²) in [5.41, 5.74) is 1.73. The molecule has 3 heterocycles. The Morgan fingerprint density at radius 1 is 1.11 bits per heavy atom. The van der Waals surface area contributed by atoms with Crippen molar-refractivity contribution >= 4 is 72.5 Å². The zero-order chi connectivity index (χ0) is 19.6. The summed E-state index contributed by atoms with van der Waals surface area (Å²) in [4.78, 5) is 29.0. The summed E-state index contributed by atoms with van der Waals surface area (Å²) >= 11 is 16.1. The second-order valence-corrected chi connectivity index (χ2v) is 10.8. The Hall–Kier alpha value is -1.06. The van der Waals surface area contributed by atoms with Gasteiger partial charge >= 0.3 is 10.8 Å². The van der Waals surface area contributed by atoms with Gasteiger partial charge in [-0.25, -0.2) is 0 Å². The quantitative estimate of drug-likeness (QED) is 0.288. The number of aromatic amines is 1. The lowest BCUT2D eigenvalue weighted by atomic mass is 9.78. The molecule has 0 fully saturated rings. The standard InChI is InChI=1S/C19H10Br2ClNO3S2/c20-7-5-9-12-13(18(24)26-14(9)10(21)6-7)15(8-3-1-2-4-11(8)22)27-17-16(12)28-19(25)23-17/h1-6,12-13,15H,(H,23,25)/t12-,13-,15+/m1/s1. The summed E-state index contributed by atoms with van der Waals surface area (Å²) < 4.78 is 7.32. The summed E-state index contributed by atoms with van der Waals surface area (Å²) in [6.07, 6.45) is 0. The van der Waals surface area contributed by atoms with Crippen molar-refractivity contribution in [1.29, 1.82) is 0 Å². The fourth-order valence-electron chi connectivity index (χ4n) is 3.80. The highest BCUT2D eigenvalue weighted by Crippen LogP contribution is 2.60. The molecule has 1 N–H and O–H groups in total. The number of H-pyrrole nitrogens is 1. The van der Waals surface area contributed by atoms with E-state index in [1.165, 1.54) is 11.8 Å². The van der Waals surface area contributed by atoms with Gasteiger partial charge in [0.15, 0.2) is 0 Å². The van der Waals surface area contributed by atoms with Crippen LogP contribution in [0.2, 0.25) is 5.02 Å². The number of carbonyl (C=O) groups excluding carboxylic acids is 1. The lowest BCUT2D eigenvalue weighted by molar-refractivity contribution is -0.141. The molecule has 4 nitrogen and oxygen atoms in total. The van der Waals surface area contributed by atoms with Gasteiger partial charge in [-0.05, 0) is 39.7 Å². The van der Waals surface area contributed by atoms with E-state index in [2.05, 4.69) is 36.8 Å². The van der Waals surface area contributed by atoms with Gasteiger partial charge in [-0.15, -0.1) is 0 Å². The first kappa shape index (κ1) is 18.9. The summed E-state index contributed by atoms with van der Waals surface area (Å²) in [6.45, 7) is 0. The van der Waals surface area contributed by atoms with E-state index < -0.39 is 5.92 Å². The van der Waals surface area contributed by atoms with Gasteiger partial charge in [0.1, 0.15) is 5.75 Å². The smallest absolute Gasteiger partial charge is 0.316 e. The zero-order valence-electron chi connectivity index (χ0n) is 13.9. The van der Waals surface area contributed by atoms with Crippen molar-refractivity contribution in [2.75, 3.05) is 0 Å². The molecule has 5 rings (SSSR count). The number of thiazole rings is 1. The summed E-state index contributed by atoms with van der Waals surface area (Å²) in [6, 6.07) is 11.3. The lowest BCUT2D eigenvalue weighted by Crippen LogP contribution is -2.37. The molecule has 2 aliphatic heterocycles. The van der Waals surface area contributed by atoms with Crippen LogP contribution in [0.5, 0.6) is 5.75 Å². The molecule has 0 spiro atoms. The third-order valence-electron chi connectivity index (χ3n) is 4.91. The number of fused-ring (bicyclic) bond motifs is 5. The van der Waals surface area contributed by atoms with Crippen molar-refractivity contribution in [2.45, 2.75) is 16.2 Å². The molecule has 0 saturated heterocycles. The number of hydrogen-bond donors (Lipinski definition) is 1. The number of carbonyl (C=O) groups is 1. The number of benzene rings is 2. The molecule has 0 amide bonds. The van der Waals surface area contributed by atoms with Crippen LogP contribution in [0.4, 0.5) is 0 Å². The van der Waals surface area contributed by atoms with E-state index in [9.17, 15) is 9.59 Å². The maximum atomic E-state index is 13.1. The van der Waals surface area contributed by atoms with Crippen molar-refractivity contribution in [1.82, 2.24) is 4.98 Å². The molecule has 0 unspecified atom stereocenters. The molecule has 28 heavy (non-hydrogen) atoms. The Labute approximate surface area is 189 Å². The van der Waals surface area contributed by atoms with Gasteiger partial charge in [-0.2, -0.15) is 0 Å². The fraction of sp³-hybridized carbons (Fsp3) is 0.158. The summed E-state index contributed by atoms with van der Waals surface area (Å²) in [5.74, 6) is -0.584. The lowest BCUT2D eigenvalue weighted by Gasteiger charge is -2.40. The van der Waals surface area contributed by atoms with E-state index in [0.29, 0.717) is 15.2 Å². The first-order chi connectivity index (χ1) is 13.4. The highest BCUT2D eigenvalue weighted by Gasteiger charge is 2.50. The summed E-state index contributed by atoms with van der Waals surface area (Å²) in [5, 5.41) is 1.11. The van der Waals surface area contributed by atoms with Gasteiger partial charge in [-0.1, -0.05) is 68.8 Å². The van der Waals surface area contributed by atoms with Gasteiger partial charge < -0.3 is 9.72 Å². The molecular weight excluding hydrogens is 550 g/mol. The molecule has 3 aromatic rings. The van der Waals surface area contributed by atoms with Crippen LogP contribution in [0.1, 0.15) is 27.2 Å². The molecular formula is C19H10Br2ClNO3S2. The molecule has 3 atom stereocenters. The van der Waals surface area contributed by atoms with Crippen molar-refractivity contribution in [3.8, 4) is 5.75 Å². The number of rotatable bonds is 1. The van der Waals surface area contributed by atoms with Crippen LogP contribution in [0.3, 0.4) is 0 Å². The number of aromatic nitrogens is 1. The van der Waals surface area contributed by atoms with Crippen LogP contribution in [0, 0.1) is 5.92 Å². The van der Waals surface area contributed by atoms with E-state index in [1.807, 2.05) is 36.4 Å². The maximum absolute atomic E-state index is 13.1. The Balaban J connectivity index is 1.78. The topological polar surface area (TPSA) is 59.2 Å². The zero-order valence-corrected chi connectivity index (χ0v) is 19.4. The van der Waals surface area contributed by atoms with Crippen molar-refractivity contribution in [3.05, 3.63) is 76.0 Å². The average Bonchev–Trinajstić information content (AvgIpc) is 3.02. The number of halogens is 3. The van der Waals surface area contributed by atoms with E-state index in [0.717, 1.165) is 36.8 Å². The van der Waals surface area contributed by atoms with E-state index >= 15 is 0 Å². The molecule has 2 aromatic carbocycles. The monoisotopic (exact) mass is 557 g/mol. The minimum absolute atomic E-state index is 0.134. The van der Waals surface area contributed by atoms with Crippen molar-refractivity contribution in [3.63, 3.8) is 0 Å². The SMILES string of the molecule is O=C1Oc2c(Br)cc(Br)cc2[C@H]2c3sc(=O)[nH]c3S[C@@H](c3ccccc3Cl)[C@H]12. The molecule has 0 saturated carbocycles. The predicted octanol–water partition coefficient (Wildman–Crippen LogP) is 6.13. The Morgan fingerprint density at radius 2 is 1.89 bits per heavy atom. The summed E-state index contributed by atoms with van der Waals surface area (Å²) in [7, 11) is 0. The van der Waals surface area contributed by atoms with Crippen LogP contribution in [0.15, 0.2) is 55.2 Å². The van der Waals surface area contributed by atoms with E-state index in [-0.39, 0.29) is 22.0 Å². The largest absolute Gasteiger partial charge is 0.425 e. The van der Waals surface area contributed by atoms with Crippen LogP contribution in [-0.4, -0.2) is 11.0 Å². The first-order valence-corrected chi connectivity index (χ1v) is 11.9. The third kappa shape index (κ3) is 2.92. The number of hydrogen-bond acceptors (Lipinski definition) is 5. The second kappa shape index (κ2) is 7.02. The van der Waals surface area contributed by atoms with Crippen LogP contribution >= 0.6 is 66.6 Å². The predicted molar refractivity (Wildman–Crippen MR) is 118 cm³/mol. The molecule has 142 valence electrons. The van der Waals surface area contributed by atoms with Gasteiger partial charge in [0, 0.05) is 25.9 Å². The highest BCUT2D eigenvalue weighted by atomic mass is 79.9. The van der Waals surface area contributed by atoms with Crippen molar-refractivity contribution in [2.24, 2.45) is 5.92 Å².